The first-order valence-electron chi connectivity index (χ1n) is 7.92. The zero-order valence-electron chi connectivity index (χ0n) is 13.9. The molecule has 1 amide bonds. The summed E-state index contributed by atoms with van der Waals surface area (Å²) < 4.78 is 32.5. The number of nitrogens with zero attached hydrogens (tertiary/aromatic N) is 2. The molecule has 0 saturated carbocycles. The lowest BCUT2D eigenvalue weighted by molar-refractivity contribution is 0.0553. The number of amides is 1. The van der Waals surface area contributed by atoms with Crippen LogP contribution in [0.15, 0.2) is 30.5 Å². The summed E-state index contributed by atoms with van der Waals surface area (Å²) in [5.41, 5.74) is 1.27. The van der Waals surface area contributed by atoms with Crippen LogP contribution in [0.1, 0.15) is 35.3 Å². The minimum atomic E-state index is -0.724. The number of benzene rings is 1. The largest absolute Gasteiger partial charge is 0.471 e. The van der Waals surface area contributed by atoms with Crippen LogP contribution < -0.4 is 4.74 Å². The van der Waals surface area contributed by atoms with Crippen molar-refractivity contribution in [3.05, 3.63) is 58.8 Å². The lowest BCUT2D eigenvalue weighted by Gasteiger charge is -2.18. The van der Waals surface area contributed by atoms with Crippen molar-refractivity contribution in [1.29, 1.82) is 0 Å². The molecule has 1 aliphatic heterocycles. The Kier molecular flexibility index (Phi) is 4.67. The van der Waals surface area contributed by atoms with Gasteiger partial charge in [0.25, 0.3) is 5.91 Å². The maximum Gasteiger partial charge on any atom is 0.260 e. The summed E-state index contributed by atoms with van der Waals surface area (Å²) in [7, 11) is 0. The number of pyridine rings is 1. The zero-order valence-corrected chi connectivity index (χ0v) is 13.9. The van der Waals surface area contributed by atoms with E-state index >= 15 is 0 Å². The van der Waals surface area contributed by atoms with Crippen LogP contribution in [0.3, 0.4) is 0 Å². The summed E-state index contributed by atoms with van der Waals surface area (Å²) >= 11 is 0. The number of carbonyl (C=O) groups excluding carboxylic acids is 1. The number of aliphatic hydroxyl groups excluding tert-OH is 1. The molecule has 0 bridgehead atoms. The Labute approximate surface area is 143 Å². The predicted octanol–water partition coefficient (Wildman–Crippen LogP) is 2.66. The second kappa shape index (κ2) is 6.76. The first-order valence-corrected chi connectivity index (χ1v) is 7.92. The first kappa shape index (κ1) is 17.3. The van der Waals surface area contributed by atoms with E-state index in [1.54, 1.807) is 19.9 Å². The third kappa shape index (κ3) is 3.46. The van der Waals surface area contributed by atoms with E-state index in [0.717, 1.165) is 17.7 Å². The number of aromatic nitrogens is 1. The van der Waals surface area contributed by atoms with Gasteiger partial charge in [0.15, 0.2) is 0 Å². The maximum absolute atomic E-state index is 13.9. The molecule has 0 spiro atoms. The van der Waals surface area contributed by atoms with Gasteiger partial charge in [-0.2, -0.15) is 0 Å². The van der Waals surface area contributed by atoms with Gasteiger partial charge in [0.2, 0.25) is 5.88 Å². The standard InChI is InChI=1S/C18H18F2N2O3/c1-10(23)11(2)25-17-16-13(5-6-21-17)9-22(18(16)24)8-12-3-4-14(19)7-15(12)20/h3-7,10-11,23H,8-9H2,1-2H3/t10-,11+/m1/s1. The minimum absolute atomic E-state index is 0.0189. The highest BCUT2D eigenvalue weighted by atomic mass is 19.1. The second-order valence-corrected chi connectivity index (χ2v) is 6.11. The molecule has 2 heterocycles. The van der Waals surface area contributed by atoms with Gasteiger partial charge < -0.3 is 14.7 Å². The Bertz CT molecular complexity index is 811. The number of halogens is 2. The molecular weight excluding hydrogens is 330 g/mol. The Morgan fingerprint density at radius 2 is 2.08 bits per heavy atom. The molecule has 2 atom stereocenters. The van der Waals surface area contributed by atoms with Gasteiger partial charge in [0, 0.05) is 30.9 Å². The molecule has 1 aromatic heterocycles. The highest BCUT2D eigenvalue weighted by Crippen LogP contribution is 2.31. The molecule has 1 aromatic carbocycles. The monoisotopic (exact) mass is 348 g/mol. The van der Waals surface area contributed by atoms with E-state index in [1.165, 1.54) is 17.2 Å². The number of carbonyl (C=O) groups is 1. The zero-order chi connectivity index (χ0) is 18.1. The molecule has 1 aliphatic rings. The molecule has 0 saturated heterocycles. The van der Waals surface area contributed by atoms with Gasteiger partial charge in [-0.25, -0.2) is 13.8 Å². The summed E-state index contributed by atoms with van der Waals surface area (Å²) in [5.74, 6) is -1.54. The van der Waals surface area contributed by atoms with E-state index in [9.17, 15) is 18.7 Å². The van der Waals surface area contributed by atoms with Gasteiger partial charge in [-0.3, -0.25) is 4.79 Å². The average molecular weight is 348 g/mol. The van der Waals surface area contributed by atoms with Crippen LogP contribution in [0.25, 0.3) is 0 Å². The quantitative estimate of drug-likeness (QED) is 0.902. The molecule has 3 rings (SSSR count). The van der Waals surface area contributed by atoms with E-state index in [-0.39, 0.29) is 30.4 Å². The van der Waals surface area contributed by atoms with Gasteiger partial charge >= 0.3 is 0 Å². The van der Waals surface area contributed by atoms with Crippen LogP contribution in [0.5, 0.6) is 5.88 Å². The topological polar surface area (TPSA) is 62.7 Å². The summed E-state index contributed by atoms with van der Waals surface area (Å²) in [6.45, 7) is 3.56. The smallest absolute Gasteiger partial charge is 0.260 e. The van der Waals surface area contributed by atoms with Crippen LogP contribution in [0.4, 0.5) is 8.78 Å². The Morgan fingerprint density at radius 1 is 1.32 bits per heavy atom. The molecule has 5 nitrogen and oxygen atoms in total. The van der Waals surface area contributed by atoms with Crippen molar-refractivity contribution in [2.75, 3.05) is 0 Å². The molecule has 132 valence electrons. The highest BCUT2D eigenvalue weighted by Gasteiger charge is 2.32. The summed E-state index contributed by atoms with van der Waals surface area (Å²) in [6.07, 6.45) is 0.270. The molecule has 0 fully saturated rings. The number of hydrogen-bond acceptors (Lipinski definition) is 4. The maximum atomic E-state index is 13.9. The normalized spacial score (nSPS) is 15.9. The van der Waals surface area contributed by atoms with Gasteiger partial charge in [-0.05, 0) is 31.5 Å². The lowest BCUT2D eigenvalue weighted by atomic mass is 10.1. The van der Waals surface area contributed by atoms with Crippen molar-refractivity contribution >= 4 is 5.91 Å². The Balaban J connectivity index is 1.84. The van der Waals surface area contributed by atoms with E-state index in [2.05, 4.69) is 4.98 Å². The van der Waals surface area contributed by atoms with Crippen molar-refractivity contribution in [3.63, 3.8) is 0 Å². The number of rotatable bonds is 5. The summed E-state index contributed by atoms with van der Waals surface area (Å²) in [4.78, 5) is 18.2. The first-order chi connectivity index (χ1) is 11.9. The molecule has 0 unspecified atom stereocenters. The second-order valence-electron chi connectivity index (χ2n) is 6.11. The molecular formula is C18H18F2N2O3. The number of hydrogen-bond donors (Lipinski definition) is 1. The van der Waals surface area contributed by atoms with Gasteiger partial charge in [0.1, 0.15) is 23.3 Å². The van der Waals surface area contributed by atoms with Crippen LogP contribution in [0.2, 0.25) is 0 Å². The van der Waals surface area contributed by atoms with Gasteiger partial charge in [-0.1, -0.05) is 6.07 Å². The summed E-state index contributed by atoms with van der Waals surface area (Å²) in [6, 6.07) is 4.98. The van der Waals surface area contributed by atoms with Crippen molar-refractivity contribution in [3.8, 4) is 5.88 Å². The number of ether oxygens (including phenoxy) is 1. The van der Waals surface area contributed by atoms with Crippen molar-refractivity contribution in [2.24, 2.45) is 0 Å². The lowest BCUT2D eigenvalue weighted by Crippen LogP contribution is -2.28. The summed E-state index contributed by atoms with van der Waals surface area (Å²) in [5, 5.41) is 9.58. The van der Waals surface area contributed by atoms with Crippen molar-refractivity contribution < 1.29 is 23.4 Å². The van der Waals surface area contributed by atoms with E-state index in [4.69, 9.17) is 4.74 Å². The highest BCUT2D eigenvalue weighted by molar-refractivity contribution is 6.00. The Hall–Kier alpha value is -2.54. The van der Waals surface area contributed by atoms with Crippen LogP contribution in [-0.2, 0) is 13.1 Å². The molecule has 7 heteroatoms. The molecule has 1 N–H and O–H groups in total. The predicted molar refractivity (Wildman–Crippen MR) is 85.9 cm³/mol. The van der Waals surface area contributed by atoms with Crippen molar-refractivity contribution in [1.82, 2.24) is 9.88 Å². The Morgan fingerprint density at radius 3 is 2.76 bits per heavy atom. The minimum Gasteiger partial charge on any atom is -0.471 e. The van der Waals surface area contributed by atoms with Crippen LogP contribution in [0, 0.1) is 11.6 Å². The van der Waals surface area contributed by atoms with Crippen LogP contribution >= 0.6 is 0 Å². The van der Waals surface area contributed by atoms with Gasteiger partial charge in [0.05, 0.1) is 6.10 Å². The fourth-order valence-electron chi connectivity index (χ4n) is 2.62. The van der Waals surface area contributed by atoms with Gasteiger partial charge in [-0.15, -0.1) is 0 Å². The number of fused-ring (bicyclic) bond motifs is 1. The van der Waals surface area contributed by atoms with Crippen LogP contribution in [-0.4, -0.2) is 33.1 Å². The van der Waals surface area contributed by atoms with E-state index in [0.29, 0.717) is 5.56 Å². The number of aliphatic hydroxyl groups is 1. The van der Waals surface area contributed by atoms with E-state index in [1.807, 2.05) is 0 Å². The third-order valence-electron chi connectivity index (χ3n) is 4.22. The third-order valence-corrected chi connectivity index (χ3v) is 4.22. The fraction of sp³-hybridized carbons (Fsp3) is 0.333. The van der Waals surface area contributed by atoms with E-state index < -0.39 is 23.8 Å². The molecule has 0 aliphatic carbocycles. The fourth-order valence-corrected chi connectivity index (χ4v) is 2.62. The molecule has 2 aromatic rings. The SMILES string of the molecule is C[C@H](Oc1nccc2c1C(=O)N(Cc1ccc(F)cc1F)C2)[C@@H](C)O. The van der Waals surface area contributed by atoms with Crippen molar-refractivity contribution in [2.45, 2.75) is 39.1 Å². The average Bonchev–Trinajstić information content (AvgIpc) is 2.87. The molecule has 0 radical (unpaired) electrons. The molecule has 25 heavy (non-hydrogen) atoms.